The van der Waals surface area contributed by atoms with Gasteiger partial charge in [-0.05, 0) is 54.0 Å². The summed E-state index contributed by atoms with van der Waals surface area (Å²) < 4.78 is 66.9. The van der Waals surface area contributed by atoms with Crippen LogP contribution in [0.4, 0.5) is 4.39 Å². The first kappa shape index (κ1) is 22.6. The molecule has 1 aliphatic rings. The molecule has 6 nitrogen and oxygen atoms in total. The summed E-state index contributed by atoms with van der Waals surface area (Å²) in [5.41, 5.74) is 1.85. The van der Waals surface area contributed by atoms with Gasteiger partial charge in [0.1, 0.15) is 5.82 Å². The molecule has 9 heteroatoms. The first-order valence-corrected chi connectivity index (χ1v) is 12.6. The Labute approximate surface area is 177 Å². The van der Waals surface area contributed by atoms with Gasteiger partial charge < -0.3 is 0 Å². The first-order valence-electron chi connectivity index (χ1n) is 9.75. The second-order valence-electron chi connectivity index (χ2n) is 6.91. The highest BCUT2D eigenvalue weighted by Crippen LogP contribution is 2.27. The fourth-order valence-corrected chi connectivity index (χ4v) is 6.28. The van der Waals surface area contributed by atoms with Gasteiger partial charge >= 0.3 is 0 Å². The highest BCUT2D eigenvalue weighted by atomic mass is 32.2. The Morgan fingerprint density at radius 2 is 1.47 bits per heavy atom. The fraction of sp³-hybridized carbons (Fsp3) is 0.333. The van der Waals surface area contributed by atoms with Crippen LogP contribution in [0.15, 0.2) is 64.4 Å². The van der Waals surface area contributed by atoms with Crippen molar-refractivity contribution in [1.29, 1.82) is 0 Å². The molecule has 0 amide bonds. The highest BCUT2D eigenvalue weighted by molar-refractivity contribution is 7.89. The van der Waals surface area contributed by atoms with Gasteiger partial charge in [-0.25, -0.2) is 21.2 Å². The van der Waals surface area contributed by atoms with Gasteiger partial charge in [0.25, 0.3) is 0 Å². The zero-order chi connectivity index (χ0) is 21.9. The Morgan fingerprint density at radius 3 is 1.97 bits per heavy atom. The molecule has 162 valence electrons. The summed E-state index contributed by atoms with van der Waals surface area (Å²) in [6.07, 6.45) is 2.34. The second-order valence-corrected chi connectivity index (χ2v) is 10.8. The quantitative estimate of drug-likeness (QED) is 0.646. The molecule has 0 unspecified atom stereocenters. The van der Waals surface area contributed by atoms with E-state index in [1.807, 2.05) is 6.08 Å². The maximum atomic E-state index is 13.1. The maximum Gasteiger partial charge on any atom is 0.243 e. The van der Waals surface area contributed by atoms with Crippen LogP contribution in [0, 0.1) is 5.82 Å². The van der Waals surface area contributed by atoms with Crippen LogP contribution < -0.4 is 0 Å². The third kappa shape index (κ3) is 4.49. The van der Waals surface area contributed by atoms with Crippen molar-refractivity contribution in [3.63, 3.8) is 0 Å². The van der Waals surface area contributed by atoms with E-state index in [4.69, 9.17) is 0 Å². The number of sulfonamides is 2. The average Bonchev–Trinajstić information content (AvgIpc) is 2.75. The molecule has 0 fully saturated rings. The molecule has 2 aromatic carbocycles. The summed E-state index contributed by atoms with van der Waals surface area (Å²) in [5, 5.41) is 0. The lowest BCUT2D eigenvalue weighted by molar-refractivity contribution is 0.440. The van der Waals surface area contributed by atoms with E-state index in [-0.39, 0.29) is 22.2 Å². The van der Waals surface area contributed by atoms with Gasteiger partial charge in [0.2, 0.25) is 20.0 Å². The van der Waals surface area contributed by atoms with Crippen molar-refractivity contribution in [2.24, 2.45) is 0 Å². The fourth-order valence-electron chi connectivity index (χ4n) is 3.44. The van der Waals surface area contributed by atoms with Crippen LogP contribution in [0.1, 0.15) is 25.8 Å². The molecule has 1 heterocycles. The van der Waals surface area contributed by atoms with E-state index in [2.05, 4.69) is 0 Å². The normalized spacial score (nSPS) is 15.9. The van der Waals surface area contributed by atoms with Crippen LogP contribution in [0.5, 0.6) is 0 Å². The predicted octanol–water partition coefficient (Wildman–Crippen LogP) is 3.33. The average molecular weight is 453 g/mol. The summed E-state index contributed by atoms with van der Waals surface area (Å²) in [4.78, 5) is 0.127. The van der Waals surface area contributed by atoms with Crippen LogP contribution in [0.3, 0.4) is 0 Å². The van der Waals surface area contributed by atoms with Gasteiger partial charge in [0, 0.05) is 26.2 Å². The van der Waals surface area contributed by atoms with Gasteiger partial charge in [-0.15, -0.1) is 0 Å². The Bertz CT molecular complexity index is 1120. The molecule has 0 spiro atoms. The summed E-state index contributed by atoms with van der Waals surface area (Å²) in [6.45, 7) is 4.69. The van der Waals surface area contributed by atoms with Crippen LogP contribution in [-0.2, 0) is 20.0 Å². The van der Waals surface area contributed by atoms with E-state index >= 15 is 0 Å². The topological polar surface area (TPSA) is 74.8 Å². The zero-order valence-corrected chi connectivity index (χ0v) is 18.6. The number of halogens is 1. The van der Waals surface area contributed by atoms with E-state index < -0.39 is 20.0 Å². The number of nitrogens with zero attached hydrogens (tertiary/aromatic N) is 2. The molecule has 0 aromatic heterocycles. The minimum atomic E-state index is -3.75. The van der Waals surface area contributed by atoms with Crippen molar-refractivity contribution in [3.05, 3.63) is 66.0 Å². The van der Waals surface area contributed by atoms with E-state index in [1.54, 1.807) is 26.0 Å². The van der Waals surface area contributed by atoms with Crippen LogP contribution in [0.25, 0.3) is 5.57 Å². The lowest BCUT2D eigenvalue weighted by atomic mass is 10.0. The van der Waals surface area contributed by atoms with E-state index in [0.717, 1.165) is 11.1 Å². The Balaban J connectivity index is 1.79. The minimum absolute atomic E-state index is 0.0552. The molecular formula is C21H25FN2O4S2. The number of rotatable bonds is 7. The van der Waals surface area contributed by atoms with Crippen molar-refractivity contribution in [2.75, 3.05) is 26.2 Å². The third-order valence-electron chi connectivity index (χ3n) is 5.19. The highest BCUT2D eigenvalue weighted by Gasteiger charge is 2.28. The molecule has 0 aliphatic carbocycles. The molecule has 0 radical (unpaired) electrons. The van der Waals surface area contributed by atoms with Crippen molar-refractivity contribution in [1.82, 2.24) is 8.61 Å². The zero-order valence-electron chi connectivity index (χ0n) is 17.0. The predicted molar refractivity (Wildman–Crippen MR) is 114 cm³/mol. The monoisotopic (exact) mass is 452 g/mol. The van der Waals surface area contributed by atoms with Crippen molar-refractivity contribution in [3.8, 4) is 0 Å². The lowest BCUT2D eigenvalue weighted by Gasteiger charge is -2.26. The maximum absolute atomic E-state index is 13.1. The van der Waals surface area contributed by atoms with E-state index in [1.165, 1.54) is 45.0 Å². The van der Waals surface area contributed by atoms with Crippen LogP contribution in [-0.4, -0.2) is 51.6 Å². The second kappa shape index (κ2) is 8.97. The van der Waals surface area contributed by atoms with E-state index in [9.17, 15) is 21.2 Å². The van der Waals surface area contributed by atoms with Crippen molar-refractivity contribution >= 4 is 25.6 Å². The summed E-state index contributed by atoms with van der Waals surface area (Å²) in [5.74, 6) is -0.314. The number of hydrogen-bond acceptors (Lipinski definition) is 4. The minimum Gasteiger partial charge on any atom is -0.207 e. The smallest absolute Gasteiger partial charge is 0.207 e. The molecular weight excluding hydrogens is 427 g/mol. The summed E-state index contributed by atoms with van der Waals surface area (Å²) in [7, 11) is -7.39. The molecule has 3 rings (SSSR count). The molecule has 2 aromatic rings. The van der Waals surface area contributed by atoms with Gasteiger partial charge in [0.15, 0.2) is 0 Å². The van der Waals surface area contributed by atoms with Gasteiger partial charge in [-0.3, -0.25) is 0 Å². The largest absolute Gasteiger partial charge is 0.243 e. The SMILES string of the molecule is CCN(CC)S(=O)(=O)c1ccc(S(=O)(=O)N2CC=C(c3ccc(F)cc3)CC2)cc1. The Kier molecular flexibility index (Phi) is 6.76. The molecule has 0 atom stereocenters. The molecule has 1 aliphatic heterocycles. The first-order chi connectivity index (χ1) is 14.2. The Hall–Kier alpha value is -2.07. The van der Waals surface area contributed by atoms with Gasteiger partial charge in [0.05, 0.1) is 9.79 Å². The van der Waals surface area contributed by atoms with Crippen LogP contribution in [0.2, 0.25) is 0 Å². The van der Waals surface area contributed by atoms with Crippen molar-refractivity contribution < 1.29 is 21.2 Å². The molecule has 0 saturated heterocycles. The van der Waals surface area contributed by atoms with Crippen molar-refractivity contribution in [2.45, 2.75) is 30.1 Å². The number of benzene rings is 2. The summed E-state index contributed by atoms with van der Waals surface area (Å²) >= 11 is 0. The molecule has 30 heavy (non-hydrogen) atoms. The van der Waals surface area contributed by atoms with Gasteiger partial charge in [-0.2, -0.15) is 8.61 Å². The standard InChI is InChI=1S/C21H25FN2O4S2/c1-3-23(4-2)29(25,26)20-9-11-21(12-10-20)30(27,28)24-15-13-18(14-16-24)17-5-7-19(22)8-6-17/h5-13H,3-4,14-16H2,1-2H3. The van der Waals surface area contributed by atoms with Crippen LogP contribution >= 0.6 is 0 Å². The van der Waals surface area contributed by atoms with Gasteiger partial charge in [-0.1, -0.05) is 32.1 Å². The van der Waals surface area contributed by atoms with E-state index in [0.29, 0.717) is 26.1 Å². The molecule has 0 N–H and O–H groups in total. The molecule has 0 bridgehead atoms. The summed E-state index contributed by atoms with van der Waals surface area (Å²) in [6, 6.07) is 11.5. The molecule has 0 saturated carbocycles. The number of hydrogen-bond donors (Lipinski definition) is 0. The Morgan fingerprint density at radius 1 is 0.900 bits per heavy atom. The lowest BCUT2D eigenvalue weighted by Crippen LogP contribution is -2.34. The third-order valence-corrected chi connectivity index (χ3v) is 9.14.